The topological polar surface area (TPSA) is 83.9 Å². The van der Waals surface area contributed by atoms with Crippen molar-refractivity contribution < 1.29 is 18.7 Å². The van der Waals surface area contributed by atoms with Crippen molar-refractivity contribution in [2.45, 2.75) is 64.6 Å². The van der Waals surface area contributed by atoms with E-state index in [2.05, 4.69) is 10.3 Å². The molecule has 0 bridgehead atoms. The first-order chi connectivity index (χ1) is 17.5. The van der Waals surface area contributed by atoms with Crippen LogP contribution in [0.1, 0.15) is 73.8 Å². The number of thiazole rings is 1. The molecular weight excluding hydrogens is 479 g/mol. The Kier molecular flexibility index (Phi) is 7.48. The van der Waals surface area contributed by atoms with Crippen molar-refractivity contribution in [3.8, 4) is 0 Å². The van der Waals surface area contributed by atoms with Gasteiger partial charge in [-0.2, -0.15) is 0 Å². The lowest BCUT2D eigenvalue weighted by atomic mass is 9.90. The van der Waals surface area contributed by atoms with Gasteiger partial charge in [-0.3, -0.25) is 14.6 Å². The molecule has 1 aromatic carbocycles. The zero-order valence-corrected chi connectivity index (χ0v) is 21.7. The number of carbonyl (C=O) groups excluding carboxylic acids is 2. The van der Waals surface area contributed by atoms with Crippen LogP contribution in [0.3, 0.4) is 0 Å². The summed E-state index contributed by atoms with van der Waals surface area (Å²) in [6, 6.07) is 4.08. The number of likely N-dealkylation sites (tertiary alicyclic amines) is 1. The summed E-state index contributed by atoms with van der Waals surface area (Å²) < 4.78 is 19.2. The molecule has 2 amide bonds. The zero-order chi connectivity index (χ0) is 25.2. The highest BCUT2D eigenvalue weighted by atomic mass is 32.1. The number of nitrogens with zero attached hydrogens (tertiary/aromatic N) is 3. The molecule has 7 nitrogen and oxygen atoms in total. The molecule has 0 aliphatic carbocycles. The molecule has 192 valence electrons. The second-order valence-electron chi connectivity index (χ2n) is 9.97. The van der Waals surface area contributed by atoms with Gasteiger partial charge in [0, 0.05) is 36.6 Å². The van der Waals surface area contributed by atoms with Gasteiger partial charge in [-0.05, 0) is 61.8 Å². The number of amides is 2. The van der Waals surface area contributed by atoms with E-state index in [1.54, 1.807) is 6.07 Å². The van der Waals surface area contributed by atoms with Crippen LogP contribution in [0.4, 0.5) is 4.39 Å². The summed E-state index contributed by atoms with van der Waals surface area (Å²) in [5, 5.41) is 5.96. The van der Waals surface area contributed by atoms with Crippen molar-refractivity contribution in [3.05, 3.63) is 51.2 Å². The van der Waals surface area contributed by atoms with Gasteiger partial charge in [0.05, 0.1) is 18.3 Å². The van der Waals surface area contributed by atoms with E-state index >= 15 is 0 Å². The number of hydrogen-bond donors (Lipinski definition) is 1. The van der Waals surface area contributed by atoms with Crippen molar-refractivity contribution in [3.63, 3.8) is 0 Å². The van der Waals surface area contributed by atoms with E-state index in [0.717, 1.165) is 59.6 Å². The fourth-order valence-electron chi connectivity index (χ4n) is 5.32. The summed E-state index contributed by atoms with van der Waals surface area (Å²) in [5.74, 6) is -0.415. The lowest BCUT2D eigenvalue weighted by Gasteiger charge is -2.35. The fourth-order valence-corrected chi connectivity index (χ4v) is 6.27. The van der Waals surface area contributed by atoms with Gasteiger partial charge in [0.25, 0.3) is 0 Å². The Hall–Kier alpha value is -2.65. The SMILES string of the molecule is CC[C@@H](C)C(=O)N[C@H](C(=O)N1CCC[C@H]1c1nc(C2=NCc3cc(F)ccc32)cs1)C1CCOCC1. The highest BCUT2D eigenvalue weighted by molar-refractivity contribution is 7.10. The Morgan fingerprint density at radius 1 is 1.28 bits per heavy atom. The summed E-state index contributed by atoms with van der Waals surface area (Å²) >= 11 is 1.54. The predicted octanol–water partition coefficient (Wildman–Crippen LogP) is 4.25. The summed E-state index contributed by atoms with van der Waals surface area (Å²) in [6.45, 7) is 6.21. The van der Waals surface area contributed by atoms with Gasteiger partial charge in [0.2, 0.25) is 11.8 Å². The van der Waals surface area contributed by atoms with Crippen molar-refractivity contribution >= 4 is 28.9 Å². The second kappa shape index (κ2) is 10.8. The number of nitrogens with one attached hydrogen (secondary N) is 1. The van der Waals surface area contributed by atoms with Crippen LogP contribution >= 0.6 is 11.3 Å². The van der Waals surface area contributed by atoms with E-state index in [9.17, 15) is 14.0 Å². The Morgan fingerprint density at radius 2 is 2.08 bits per heavy atom. The van der Waals surface area contributed by atoms with Crippen LogP contribution in [-0.2, 0) is 20.9 Å². The maximum Gasteiger partial charge on any atom is 0.246 e. The van der Waals surface area contributed by atoms with E-state index in [1.165, 1.54) is 23.5 Å². The highest BCUT2D eigenvalue weighted by Crippen LogP contribution is 2.36. The van der Waals surface area contributed by atoms with Crippen LogP contribution in [0.2, 0.25) is 0 Å². The molecule has 0 unspecified atom stereocenters. The Balaban J connectivity index is 1.36. The molecule has 0 spiro atoms. The standard InChI is InChI=1S/C27H33FN4O3S/c1-3-16(2)25(33)31-23(17-8-11-35-12-9-17)27(34)32-10-4-5-22(32)26-30-21(15-36-26)24-20-7-6-19(28)13-18(20)14-29-24/h6-7,13,15-17,22-23H,3-5,8-12,14H2,1-2H3,(H,31,33)/t16-,22+,23+/m1/s1. The van der Waals surface area contributed by atoms with Gasteiger partial charge >= 0.3 is 0 Å². The normalized spacial score (nSPS) is 21.7. The third kappa shape index (κ3) is 4.95. The Labute approximate surface area is 215 Å². The van der Waals surface area contributed by atoms with Crippen LogP contribution in [-0.4, -0.2) is 53.2 Å². The number of benzene rings is 1. The molecule has 5 rings (SSSR count). The van der Waals surface area contributed by atoms with E-state index < -0.39 is 6.04 Å². The maximum absolute atomic E-state index is 13.9. The highest BCUT2D eigenvalue weighted by Gasteiger charge is 2.40. The number of ether oxygens (including phenoxy) is 1. The molecule has 0 radical (unpaired) electrons. The molecule has 2 saturated heterocycles. The van der Waals surface area contributed by atoms with Crippen LogP contribution in [0.15, 0.2) is 28.6 Å². The van der Waals surface area contributed by atoms with E-state index in [-0.39, 0.29) is 35.5 Å². The molecule has 3 aliphatic heterocycles. The lowest BCUT2D eigenvalue weighted by Crippen LogP contribution is -2.54. The zero-order valence-electron chi connectivity index (χ0n) is 20.8. The predicted molar refractivity (Wildman–Crippen MR) is 136 cm³/mol. The van der Waals surface area contributed by atoms with E-state index in [1.807, 2.05) is 24.1 Å². The maximum atomic E-state index is 13.9. The molecule has 0 saturated carbocycles. The minimum atomic E-state index is -0.545. The third-order valence-corrected chi connectivity index (χ3v) is 8.62. The molecule has 1 N–H and O–H groups in total. The first kappa shape index (κ1) is 25.0. The first-order valence-corrected chi connectivity index (χ1v) is 13.8. The monoisotopic (exact) mass is 512 g/mol. The number of rotatable bonds is 7. The minimum absolute atomic E-state index is 0.0168. The largest absolute Gasteiger partial charge is 0.381 e. The average Bonchev–Trinajstić information content (AvgIpc) is 3.65. The van der Waals surface area contributed by atoms with Crippen molar-refractivity contribution in [2.75, 3.05) is 19.8 Å². The number of halogens is 1. The van der Waals surface area contributed by atoms with Crippen molar-refractivity contribution in [1.29, 1.82) is 0 Å². The summed E-state index contributed by atoms with van der Waals surface area (Å²) in [6.07, 6.45) is 3.99. The van der Waals surface area contributed by atoms with Crippen LogP contribution < -0.4 is 5.32 Å². The molecule has 1 aromatic heterocycles. The molecule has 2 fully saturated rings. The van der Waals surface area contributed by atoms with Gasteiger partial charge in [-0.25, -0.2) is 9.37 Å². The Bertz CT molecular complexity index is 1160. The van der Waals surface area contributed by atoms with Gasteiger partial charge in [-0.1, -0.05) is 13.8 Å². The number of fused-ring (bicyclic) bond motifs is 1. The quantitative estimate of drug-likeness (QED) is 0.601. The van der Waals surface area contributed by atoms with Gasteiger partial charge in [-0.15, -0.1) is 11.3 Å². The summed E-state index contributed by atoms with van der Waals surface area (Å²) in [5.41, 5.74) is 3.34. The molecule has 9 heteroatoms. The summed E-state index contributed by atoms with van der Waals surface area (Å²) in [7, 11) is 0. The number of aliphatic imine (C=N–C) groups is 1. The number of hydrogen-bond acceptors (Lipinski definition) is 6. The molecule has 4 heterocycles. The van der Waals surface area contributed by atoms with Gasteiger partial charge in [0.15, 0.2) is 0 Å². The lowest BCUT2D eigenvalue weighted by molar-refractivity contribution is -0.140. The van der Waals surface area contributed by atoms with Crippen LogP contribution in [0.25, 0.3) is 0 Å². The minimum Gasteiger partial charge on any atom is -0.381 e. The van der Waals surface area contributed by atoms with Crippen molar-refractivity contribution in [2.24, 2.45) is 16.8 Å². The van der Waals surface area contributed by atoms with E-state index in [4.69, 9.17) is 9.72 Å². The van der Waals surface area contributed by atoms with Crippen LogP contribution in [0.5, 0.6) is 0 Å². The number of aromatic nitrogens is 1. The van der Waals surface area contributed by atoms with Gasteiger partial charge in [0.1, 0.15) is 22.6 Å². The molecule has 3 aliphatic rings. The first-order valence-electron chi connectivity index (χ1n) is 12.9. The Morgan fingerprint density at radius 3 is 2.86 bits per heavy atom. The van der Waals surface area contributed by atoms with E-state index in [0.29, 0.717) is 26.3 Å². The van der Waals surface area contributed by atoms with Crippen molar-refractivity contribution in [1.82, 2.24) is 15.2 Å². The fraction of sp³-hybridized carbons (Fsp3) is 0.556. The van der Waals surface area contributed by atoms with Crippen LogP contribution in [0, 0.1) is 17.7 Å². The molecular formula is C27H33FN4O3S. The second-order valence-corrected chi connectivity index (χ2v) is 10.9. The average molecular weight is 513 g/mol. The third-order valence-electron chi connectivity index (χ3n) is 7.68. The molecule has 3 atom stereocenters. The molecule has 2 aromatic rings. The smallest absolute Gasteiger partial charge is 0.246 e. The molecule has 36 heavy (non-hydrogen) atoms. The number of carbonyl (C=O) groups is 2. The summed E-state index contributed by atoms with van der Waals surface area (Å²) in [4.78, 5) is 38.2. The van der Waals surface area contributed by atoms with Gasteiger partial charge < -0.3 is 15.0 Å².